The molecule has 1 heterocycles. The number of halogens is 1. The summed E-state index contributed by atoms with van der Waals surface area (Å²) in [7, 11) is 0. The van der Waals surface area contributed by atoms with Crippen LogP contribution in [0.15, 0.2) is 15.9 Å². The summed E-state index contributed by atoms with van der Waals surface area (Å²) in [6, 6.07) is 1.96. The van der Waals surface area contributed by atoms with Gasteiger partial charge in [0.1, 0.15) is 5.78 Å². The highest BCUT2D eigenvalue weighted by atomic mass is 79.9. The zero-order valence-electron chi connectivity index (χ0n) is 8.34. The van der Waals surface area contributed by atoms with Crippen molar-refractivity contribution in [1.29, 1.82) is 0 Å². The molecule has 0 aromatic carbocycles. The van der Waals surface area contributed by atoms with E-state index in [2.05, 4.69) is 15.9 Å². The zero-order chi connectivity index (χ0) is 10.8. The molecule has 0 bridgehead atoms. The highest BCUT2D eigenvalue weighted by Crippen LogP contribution is 2.26. The van der Waals surface area contributed by atoms with E-state index in [0.717, 1.165) is 9.35 Å². The molecule has 0 aliphatic heterocycles. The van der Waals surface area contributed by atoms with Crippen LogP contribution in [0.25, 0.3) is 0 Å². The van der Waals surface area contributed by atoms with Gasteiger partial charge in [-0.05, 0) is 27.4 Å². The topological polar surface area (TPSA) is 43.1 Å². The standard InChI is InChI=1S/C10H14BrNOS/c1-10(2,6-12)9(13)5-8-7(11)3-4-14-8/h3-4H,5-6,12H2,1-2H3. The van der Waals surface area contributed by atoms with Crippen LogP contribution in [-0.4, -0.2) is 12.3 Å². The van der Waals surface area contributed by atoms with Crippen LogP contribution in [0.1, 0.15) is 18.7 Å². The van der Waals surface area contributed by atoms with Gasteiger partial charge in [-0.1, -0.05) is 13.8 Å². The minimum absolute atomic E-state index is 0.197. The van der Waals surface area contributed by atoms with Gasteiger partial charge >= 0.3 is 0 Å². The van der Waals surface area contributed by atoms with Crippen LogP contribution < -0.4 is 5.73 Å². The lowest BCUT2D eigenvalue weighted by atomic mass is 9.86. The summed E-state index contributed by atoms with van der Waals surface area (Å²) in [5.74, 6) is 0.197. The quantitative estimate of drug-likeness (QED) is 0.918. The second kappa shape index (κ2) is 4.55. The van der Waals surface area contributed by atoms with Crippen molar-refractivity contribution < 1.29 is 4.79 Å². The Labute approximate surface area is 96.6 Å². The van der Waals surface area contributed by atoms with Crippen molar-refractivity contribution in [3.63, 3.8) is 0 Å². The van der Waals surface area contributed by atoms with Crippen molar-refractivity contribution in [2.75, 3.05) is 6.54 Å². The van der Waals surface area contributed by atoms with Crippen LogP contribution in [0.5, 0.6) is 0 Å². The second-order valence-corrected chi connectivity index (χ2v) is 5.73. The van der Waals surface area contributed by atoms with E-state index in [4.69, 9.17) is 5.73 Å². The molecule has 0 saturated heterocycles. The summed E-state index contributed by atoms with van der Waals surface area (Å²) in [6.45, 7) is 4.17. The third kappa shape index (κ3) is 2.65. The predicted molar refractivity (Wildman–Crippen MR) is 63.6 cm³/mol. The first-order chi connectivity index (χ1) is 6.47. The summed E-state index contributed by atoms with van der Waals surface area (Å²) < 4.78 is 1.02. The lowest BCUT2D eigenvalue weighted by Gasteiger charge is -2.20. The molecule has 2 nitrogen and oxygen atoms in total. The van der Waals surface area contributed by atoms with Gasteiger partial charge in [-0.2, -0.15) is 0 Å². The Bertz CT molecular complexity index is 333. The van der Waals surface area contributed by atoms with E-state index in [1.165, 1.54) is 0 Å². The molecule has 0 unspecified atom stereocenters. The lowest BCUT2D eigenvalue weighted by molar-refractivity contribution is -0.125. The number of Topliss-reactive ketones (excluding diaryl/α,β-unsaturated/α-hetero) is 1. The Balaban J connectivity index is 2.71. The molecule has 0 fully saturated rings. The molecule has 1 rings (SSSR count). The third-order valence-corrected chi connectivity index (χ3v) is 4.20. The molecule has 2 N–H and O–H groups in total. The largest absolute Gasteiger partial charge is 0.329 e. The Hall–Kier alpha value is -0.190. The molecule has 0 amide bonds. The molecule has 4 heteroatoms. The van der Waals surface area contributed by atoms with Crippen LogP contribution in [0.2, 0.25) is 0 Å². The first-order valence-electron chi connectivity index (χ1n) is 4.42. The van der Waals surface area contributed by atoms with Gasteiger partial charge in [-0.15, -0.1) is 11.3 Å². The van der Waals surface area contributed by atoms with E-state index in [0.29, 0.717) is 13.0 Å². The maximum atomic E-state index is 11.8. The van der Waals surface area contributed by atoms with Crippen LogP contribution in [0.4, 0.5) is 0 Å². The third-order valence-electron chi connectivity index (χ3n) is 2.28. The average molecular weight is 276 g/mol. The molecule has 0 radical (unpaired) electrons. The van der Waals surface area contributed by atoms with E-state index in [9.17, 15) is 4.79 Å². The number of ketones is 1. The summed E-state index contributed by atoms with van der Waals surface area (Å²) >= 11 is 5.01. The normalized spacial score (nSPS) is 11.7. The molecule has 0 saturated carbocycles. The van der Waals surface area contributed by atoms with Gasteiger partial charge < -0.3 is 5.73 Å². The van der Waals surface area contributed by atoms with E-state index in [1.807, 2.05) is 25.3 Å². The first-order valence-corrected chi connectivity index (χ1v) is 6.10. The number of rotatable bonds is 4. The van der Waals surface area contributed by atoms with Gasteiger partial charge in [0.15, 0.2) is 0 Å². The molecular formula is C10H14BrNOS. The SMILES string of the molecule is CC(C)(CN)C(=O)Cc1sccc1Br. The Kier molecular flexibility index (Phi) is 3.86. The lowest BCUT2D eigenvalue weighted by Crippen LogP contribution is -2.33. The van der Waals surface area contributed by atoms with Crippen molar-refractivity contribution in [2.45, 2.75) is 20.3 Å². The summed E-state index contributed by atoms with van der Waals surface area (Å²) in [6.07, 6.45) is 0.475. The van der Waals surface area contributed by atoms with Crippen molar-refractivity contribution >= 4 is 33.0 Å². The van der Waals surface area contributed by atoms with E-state index < -0.39 is 5.41 Å². The summed E-state index contributed by atoms with van der Waals surface area (Å²) in [5.41, 5.74) is 5.13. The van der Waals surface area contributed by atoms with Crippen LogP contribution in [-0.2, 0) is 11.2 Å². The number of carbonyl (C=O) groups is 1. The Morgan fingerprint density at radius 2 is 2.29 bits per heavy atom. The second-order valence-electron chi connectivity index (χ2n) is 3.88. The molecule has 78 valence electrons. The molecular weight excluding hydrogens is 262 g/mol. The highest BCUT2D eigenvalue weighted by Gasteiger charge is 2.26. The Morgan fingerprint density at radius 1 is 1.64 bits per heavy atom. The number of hydrogen-bond donors (Lipinski definition) is 1. The van der Waals surface area contributed by atoms with E-state index in [1.54, 1.807) is 11.3 Å². The fourth-order valence-electron chi connectivity index (χ4n) is 0.950. The summed E-state index contributed by atoms with van der Waals surface area (Å²) in [5, 5.41) is 1.97. The first kappa shape index (κ1) is 11.9. The van der Waals surface area contributed by atoms with Crippen LogP contribution in [0.3, 0.4) is 0 Å². The van der Waals surface area contributed by atoms with Crippen molar-refractivity contribution in [3.05, 3.63) is 20.8 Å². The molecule has 0 aliphatic carbocycles. The van der Waals surface area contributed by atoms with Crippen molar-refractivity contribution in [2.24, 2.45) is 11.1 Å². The zero-order valence-corrected chi connectivity index (χ0v) is 10.7. The summed E-state index contributed by atoms with van der Waals surface area (Å²) in [4.78, 5) is 12.9. The number of thiophene rings is 1. The maximum Gasteiger partial charge on any atom is 0.144 e. The van der Waals surface area contributed by atoms with Gasteiger partial charge in [0.05, 0.1) is 0 Å². The molecule has 1 aromatic heterocycles. The van der Waals surface area contributed by atoms with Gasteiger partial charge in [-0.25, -0.2) is 0 Å². The van der Waals surface area contributed by atoms with Crippen molar-refractivity contribution in [3.8, 4) is 0 Å². The fourth-order valence-corrected chi connectivity index (χ4v) is 2.44. The number of carbonyl (C=O) groups excluding carboxylic acids is 1. The van der Waals surface area contributed by atoms with Gasteiger partial charge in [0.25, 0.3) is 0 Å². The molecule has 14 heavy (non-hydrogen) atoms. The predicted octanol–water partition coefficient (Wildman–Crippen LogP) is 2.61. The average Bonchev–Trinajstić information content (AvgIpc) is 2.52. The van der Waals surface area contributed by atoms with Gasteiger partial charge in [-0.3, -0.25) is 4.79 Å². The fraction of sp³-hybridized carbons (Fsp3) is 0.500. The number of nitrogens with two attached hydrogens (primary N) is 1. The monoisotopic (exact) mass is 275 g/mol. The van der Waals surface area contributed by atoms with Gasteiger partial charge in [0.2, 0.25) is 0 Å². The minimum Gasteiger partial charge on any atom is -0.329 e. The highest BCUT2D eigenvalue weighted by molar-refractivity contribution is 9.10. The van der Waals surface area contributed by atoms with Gasteiger partial charge in [0, 0.05) is 27.7 Å². The molecule has 0 spiro atoms. The van der Waals surface area contributed by atoms with Crippen LogP contribution in [0, 0.1) is 5.41 Å². The molecule has 0 atom stereocenters. The minimum atomic E-state index is -0.413. The van der Waals surface area contributed by atoms with E-state index in [-0.39, 0.29) is 5.78 Å². The Morgan fingerprint density at radius 3 is 2.71 bits per heavy atom. The van der Waals surface area contributed by atoms with Crippen molar-refractivity contribution in [1.82, 2.24) is 0 Å². The van der Waals surface area contributed by atoms with Crippen LogP contribution >= 0.6 is 27.3 Å². The smallest absolute Gasteiger partial charge is 0.144 e. The number of hydrogen-bond acceptors (Lipinski definition) is 3. The van der Waals surface area contributed by atoms with E-state index >= 15 is 0 Å². The molecule has 1 aromatic rings. The molecule has 0 aliphatic rings. The maximum absolute atomic E-state index is 11.8.